The summed E-state index contributed by atoms with van der Waals surface area (Å²) in [6.07, 6.45) is 4.40. The van der Waals surface area contributed by atoms with Gasteiger partial charge < -0.3 is 24.6 Å². The Kier molecular flexibility index (Phi) is 8.73. The Morgan fingerprint density at radius 2 is 1.84 bits per heavy atom. The lowest BCUT2D eigenvalue weighted by Crippen LogP contribution is -2.57. The Hall–Kier alpha value is -1.22. The van der Waals surface area contributed by atoms with E-state index in [-0.39, 0.29) is 17.9 Å². The Labute approximate surface area is 187 Å². The Morgan fingerprint density at radius 1 is 1.13 bits per heavy atom. The van der Waals surface area contributed by atoms with Gasteiger partial charge in [0.1, 0.15) is 0 Å². The first-order chi connectivity index (χ1) is 14.9. The number of ether oxygens (including phenoxy) is 2. The highest BCUT2D eigenvalue weighted by molar-refractivity contribution is 5.95. The molecular formula is C23H42N4O4. The highest BCUT2D eigenvalue weighted by Gasteiger charge is 2.49. The molecule has 0 bridgehead atoms. The molecule has 0 unspecified atom stereocenters. The van der Waals surface area contributed by atoms with Gasteiger partial charge in [-0.3, -0.25) is 9.69 Å². The first-order valence-electron chi connectivity index (χ1n) is 12.2. The number of piperidine rings is 1. The summed E-state index contributed by atoms with van der Waals surface area (Å²) >= 11 is 0. The van der Waals surface area contributed by atoms with E-state index in [1.165, 1.54) is 4.90 Å². The number of rotatable bonds is 8. The molecule has 0 radical (unpaired) electrons. The van der Waals surface area contributed by atoms with E-state index in [2.05, 4.69) is 36.0 Å². The maximum atomic E-state index is 13.5. The Morgan fingerprint density at radius 3 is 2.48 bits per heavy atom. The molecular weight excluding hydrogens is 396 g/mol. The average molecular weight is 439 g/mol. The third-order valence-electron chi connectivity index (χ3n) is 7.35. The highest BCUT2D eigenvalue weighted by Crippen LogP contribution is 2.45. The Bertz CT molecular complexity index is 606. The van der Waals surface area contributed by atoms with Crippen molar-refractivity contribution >= 4 is 11.9 Å². The summed E-state index contributed by atoms with van der Waals surface area (Å²) in [4.78, 5) is 32.4. The van der Waals surface area contributed by atoms with Crippen LogP contribution in [0.4, 0.5) is 4.79 Å². The van der Waals surface area contributed by atoms with Gasteiger partial charge in [-0.05, 0) is 58.8 Å². The number of imide groups is 1. The van der Waals surface area contributed by atoms with E-state index in [9.17, 15) is 9.59 Å². The van der Waals surface area contributed by atoms with Gasteiger partial charge in [0, 0.05) is 38.5 Å². The number of fused-ring (bicyclic) bond motifs is 1. The van der Waals surface area contributed by atoms with Gasteiger partial charge in [-0.25, -0.2) is 4.79 Å². The van der Waals surface area contributed by atoms with Crippen LogP contribution in [0, 0.1) is 11.8 Å². The number of carbonyl (C=O) groups is 2. The van der Waals surface area contributed by atoms with Gasteiger partial charge >= 0.3 is 6.03 Å². The van der Waals surface area contributed by atoms with Crippen molar-refractivity contribution in [3.8, 4) is 0 Å². The van der Waals surface area contributed by atoms with Crippen molar-refractivity contribution in [3.05, 3.63) is 0 Å². The van der Waals surface area contributed by atoms with E-state index in [0.717, 1.165) is 51.7 Å². The van der Waals surface area contributed by atoms with Gasteiger partial charge in [0.15, 0.2) is 5.79 Å². The molecule has 1 saturated carbocycles. The zero-order valence-electron chi connectivity index (χ0n) is 19.9. The fraction of sp³-hybridized carbons (Fsp3) is 0.913. The molecule has 3 rings (SSSR count). The minimum Gasteiger partial charge on any atom is -0.348 e. The van der Waals surface area contributed by atoms with Crippen molar-refractivity contribution in [2.24, 2.45) is 11.8 Å². The Balaban J connectivity index is 1.65. The summed E-state index contributed by atoms with van der Waals surface area (Å²) in [7, 11) is 2.11. The molecule has 0 aromatic heterocycles. The van der Waals surface area contributed by atoms with E-state index in [1.807, 2.05) is 6.92 Å². The van der Waals surface area contributed by atoms with Gasteiger partial charge in [0.2, 0.25) is 5.91 Å². The zero-order valence-corrected chi connectivity index (χ0v) is 19.9. The third kappa shape index (κ3) is 5.78. The molecule has 178 valence electrons. The predicted molar refractivity (Wildman–Crippen MR) is 120 cm³/mol. The lowest BCUT2D eigenvalue weighted by atomic mass is 9.72. The SMILES string of the molecule is CCNC(=O)N(CCCN(CC)CC)C(=O)[C@@H]1C[C@@H]2CC3(CC[C@H]2N(C)C1)OCCO3. The number of likely N-dealkylation sites (tertiary alicyclic amines) is 1. The zero-order chi connectivity index (χ0) is 22.4. The van der Waals surface area contributed by atoms with Crippen LogP contribution in [-0.2, 0) is 14.3 Å². The molecule has 3 atom stereocenters. The highest BCUT2D eigenvalue weighted by atomic mass is 16.7. The first-order valence-corrected chi connectivity index (χ1v) is 12.2. The van der Waals surface area contributed by atoms with Gasteiger partial charge in [-0.1, -0.05) is 13.8 Å². The normalized spacial score (nSPS) is 28.0. The van der Waals surface area contributed by atoms with Crippen molar-refractivity contribution in [3.63, 3.8) is 0 Å². The van der Waals surface area contributed by atoms with Crippen molar-refractivity contribution in [1.29, 1.82) is 0 Å². The van der Waals surface area contributed by atoms with Gasteiger partial charge in [0.05, 0.1) is 19.1 Å². The summed E-state index contributed by atoms with van der Waals surface area (Å²) < 4.78 is 11.9. The topological polar surface area (TPSA) is 74.4 Å². The summed E-state index contributed by atoms with van der Waals surface area (Å²) in [6.45, 7) is 12.0. The van der Waals surface area contributed by atoms with E-state index in [4.69, 9.17) is 9.47 Å². The number of carbonyl (C=O) groups excluding carboxylic acids is 2. The van der Waals surface area contributed by atoms with Crippen molar-refractivity contribution < 1.29 is 19.1 Å². The van der Waals surface area contributed by atoms with Gasteiger partial charge in [0.25, 0.3) is 0 Å². The van der Waals surface area contributed by atoms with Gasteiger partial charge in [-0.15, -0.1) is 0 Å². The summed E-state index contributed by atoms with van der Waals surface area (Å²) in [5.41, 5.74) is 0. The van der Waals surface area contributed by atoms with Crippen LogP contribution in [0.3, 0.4) is 0 Å². The molecule has 1 aliphatic carbocycles. The van der Waals surface area contributed by atoms with Crippen LogP contribution in [0.1, 0.15) is 52.9 Å². The molecule has 3 amide bonds. The van der Waals surface area contributed by atoms with Gasteiger partial charge in [-0.2, -0.15) is 0 Å². The smallest absolute Gasteiger partial charge is 0.324 e. The molecule has 2 saturated heterocycles. The molecule has 2 aliphatic heterocycles. The second-order valence-electron chi connectivity index (χ2n) is 9.26. The monoisotopic (exact) mass is 438 g/mol. The predicted octanol–water partition coefficient (Wildman–Crippen LogP) is 2.14. The fourth-order valence-corrected chi connectivity index (χ4v) is 5.69. The molecule has 3 fully saturated rings. The van der Waals surface area contributed by atoms with E-state index < -0.39 is 5.79 Å². The molecule has 0 aromatic carbocycles. The number of hydrogen-bond acceptors (Lipinski definition) is 6. The van der Waals surface area contributed by atoms with E-state index in [1.54, 1.807) is 0 Å². The van der Waals surface area contributed by atoms with Crippen molar-refractivity contribution in [2.75, 3.05) is 59.5 Å². The fourth-order valence-electron chi connectivity index (χ4n) is 5.69. The van der Waals surface area contributed by atoms with Crippen LogP contribution in [0.2, 0.25) is 0 Å². The number of hydrogen-bond donors (Lipinski definition) is 1. The minimum atomic E-state index is -0.448. The molecule has 2 heterocycles. The molecule has 31 heavy (non-hydrogen) atoms. The molecule has 8 nitrogen and oxygen atoms in total. The van der Waals surface area contributed by atoms with Crippen LogP contribution < -0.4 is 5.32 Å². The molecule has 1 spiro atoms. The summed E-state index contributed by atoms with van der Waals surface area (Å²) in [5.74, 6) is -0.301. The number of amides is 3. The van der Waals surface area contributed by atoms with Crippen molar-refractivity contribution in [2.45, 2.75) is 64.7 Å². The van der Waals surface area contributed by atoms with Crippen molar-refractivity contribution in [1.82, 2.24) is 20.0 Å². The molecule has 1 N–H and O–H groups in total. The first kappa shape index (κ1) is 24.4. The summed E-state index contributed by atoms with van der Waals surface area (Å²) in [6, 6.07) is 0.197. The van der Waals surface area contributed by atoms with Crippen LogP contribution in [0.25, 0.3) is 0 Å². The largest absolute Gasteiger partial charge is 0.348 e. The lowest BCUT2D eigenvalue weighted by molar-refractivity contribution is -0.202. The maximum absolute atomic E-state index is 13.5. The van der Waals surface area contributed by atoms with Crippen LogP contribution in [-0.4, -0.2) is 98.0 Å². The average Bonchev–Trinajstić information content (AvgIpc) is 3.20. The number of urea groups is 1. The van der Waals surface area contributed by atoms with E-state index in [0.29, 0.717) is 44.8 Å². The third-order valence-corrected chi connectivity index (χ3v) is 7.35. The van der Waals surface area contributed by atoms with E-state index >= 15 is 0 Å². The number of nitrogens with one attached hydrogen (secondary N) is 1. The second-order valence-corrected chi connectivity index (χ2v) is 9.26. The molecule has 8 heteroatoms. The quantitative estimate of drug-likeness (QED) is 0.626. The lowest BCUT2D eigenvalue weighted by Gasteiger charge is -2.49. The minimum absolute atomic E-state index is 0.0383. The second kappa shape index (κ2) is 11.1. The number of nitrogens with zero attached hydrogens (tertiary/aromatic N) is 3. The molecule has 0 aromatic rings. The van der Waals surface area contributed by atoms with Crippen LogP contribution in [0.15, 0.2) is 0 Å². The summed E-state index contributed by atoms with van der Waals surface area (Å²) in [5, 5.41) is 2.84. The molecule has 3 aliphatic rings. The van der Waals surface area contributed by atoms with Crippen LogP contribution in [0.5, 0.6) is 0 Å². The standard InChI is InChI=1S/C23H42N4O4/c1-5-24-22(29)27(12-8-11-26(6-2)7-3)21(28)19-15-18-16-23(30-13-14-31-23)10-9-20(18)25(4)17-19/h18-20H,5-17H2,1-4H3,(H,24,29)/t18-,19-,20-/m1/s1. The maximum Gasteiger partial charge on any atom is 0.324 e. The van der Waals surface area contributed by atoms with Crippen LogP contribution >= 0.6 is 0 Å².